The molecule has 0 unspecified atom stereocenters. The third-order valence-electron chi connectivity index (χ3n) is 0.832. The predicted molar refractivity (Wildman–Crippen MR) is 28.9 cm³/mol. The van der Waals surface area contributed by atoms with Crippen LogP contribution in [0.5, 0.6) is 0 Å². The Morgan fingerprint density at radius 2 is 2.43 bits per heavy atom. The van der Waals surface area contributed by atoms with Gasteiger partial charge in [-0.2, -0.15) is 0 Å². The van der Waals surface area contributed by atoms with Crippen molar-refractivity contribution in [2.24, 2.45) is 0 Å². The van der Waals surface area contributed by atoms with Crippen molar-refractivity contribution in [3.8, 4) is 0 Å². The number of hydrogen-bond donors (Lipinski definition) is 0. The van der Waals surface area contributed by atoms with Gasteiger partial charge in [0.15, 0.2) is 0 Å². The average Bonchev–Trinajstić information content (AvgIpc) is 1.91. The highest BCUT2D eigenvalue weighted by Gasteiger charge is 2.15. The number of hydrogen-bond acceptors (Lipinski definition) is 2. The van der Waals surface area contributed by atoms with Gasteiger partial charge < -0.3 is 4.74 Å². The quantitative estimate of drug-likeness (QED) is 0.335. The molecule has 1 saturated heterocycles. The van der Waals surface area contributed by atoms with Crippen LogP contribution in [0.15, 0.2) is 0 Å². The zero-order valence-corrected chi connectivity index (χ0v) is 4.73. The molecule has 0 aromatic carbocycles. The maximum absolute atomic E-state index is 10.3. The minimum absolute atomic E-state index is 0.211. The molecule has 1 fully saturated rings. The molecule has 3 heteroatoms. The zero-order valence-electron chi connectivity index (χ0n) is 3.73. The summed E-state index contributed by atoms with van der Waals surface area (Å²) in [5.74, 6) is -0.211. The minimum atomic E-state index is -0.211. The molecule has 0 N–H and O–H groups in total. The van der Waals surface area contributed by atoms with Gasteiger partial charge in [-0.1, -0.05) is 0 Å². The molecular formula is C4H5O2P. The second-order valence-corrected chi connectivity index (χ2v) is 1.97. The molecule has 1 rings (SSSR count). The topological polar surface area (TPSA) is 26.3 Å². The Morgan fingerprint density at radius 3 is 2.57 bits per heavy atom. The molecule has 0 bridgehead atoms. The zero-order chi connectivity index (χ0) is 5.28. The first-order chi connectivity index (χ1) is 3.30. The predicted octanol–water partition coefficient (Wildman–Crippen LogP) is 0.248. The Hall–Kier alpha value is -0.360. The number of ether oxygens (including phenoxy) is 1. The van der Waals surface area contributed by atoms with Gasteiger partial charge in [-0.05, 0) is 0 Å². The lowest BCUT2D eigenvalue weighted by Gasteiger charge is -1.81. The van der Waals surface area contributed by atoms with E-state index in [0.717, 1.165) is 6.42 Å². The number of carbonyl (C=O) groups excluding carboxylic acids is 1. The van der Waals surface area contributed by atoms with E-state index in [1.807, 2.05) is 0 Å². The highest BCUT2D eigenvalue weighted by molar-refractivity contribution is 7.25. The smallest absolute Gasteiger partial charge is 0.338 e. The molecule has 0 amide bonds. The van der Waals surface area contributed by atoms with Gasteiger partial charge in [-0.3, -0.25) is 0 Å². The van der Waals surface area contributed by atoms with Crippen LogP contribution in [0.1, 0.15) is 6.42 Å². The van der Waals surface area contributed by atoms with Crippen LogP contribution in [0.25, 0.3) is 0 Å². The molecule has 0 atom stereocenters. The molecule has 0 aromatic heterocycles. The summed E-state index contributed by atoms with van der Waals surface area (Å²) in [6.45, 7) is 0.539. The molecule has 2 nitrogen and oxygen atoms in total. The molecule has 7 heavy (non-hydrogen) atoms. The van der Waals surface area contributed by atoms with Crippen LogP contribution in [0.3, 0.4) is 0 Å². The lowest BCUT2D eigenvalue weighted by atomic mass is 10.4. The van der Waals surface area contributed by atoms with Crippen molar-refractivity contribution in [1.29, 1.82) is 0 Å². The van der Waals surface area contributed by atoms with E-state index in [1.165, 1.54) is 0 Å². The summed E-state index contributed by atoms with van der Waals surface area (Å²) in [6.07, 6.45) is 0.732. The molecular weight excluding hydrogens is 111 g/mol. The summed E-state index contributed by atoms with van der Waals surface area (Å²) in [5, 5.41) is 0.653. The van der Waals surface area contributed by atoms with Crippen molar-refractivity contribution in [3.63, 3.8) is 0 Å². The third-order valence-corrected chi connectivity index (χ3v) is 1.29. The lowest BCUT2D eigenvalue weighted by Crippen LogP contribution is -2.00. The minimum Gasteiger partial charge on any atom is -0.462 e. The third kappa shape index (κ3) is 0.804. The molecule has 38 valence electrons. The first-order valence-corrected chi connectivity index (χ1v) is 2.55. The summed E-state index contributed by atoms with van der Waals surface area (Å²) in [6, 6.07) is 0. The monoisotopic (exact) mass is 116 g/mol. The second kappa shape index (κ2) is 1.63. The van der Waals surface area contributed by atoms with Crippen molar-refractivity contribution in [3.05, 3.63) is 0 Å². The molecule has 1 aliphatic heterocycles. The number of rotatable bonds is 0. The van der Waals surface area contributed by atoms with Crippen LogP contribution in [-0.4, -0.2) is 17.9 Å². The van der Waals surface area contributed by atoms with Gasteiger partial charge in [-0.25, -0.2) is 4.79 Å². The number of esters is 1. The van der Waals surface area contributed by atoms with E-state index in [-0.39, 0.29) is 5.97 Å². The van der Waals surface area contributed by atoms with Crippen molar-refractivity contribution in [2.45, 2.75) is 6.42 Å². The van der Waals surface area contributed by atoms with E-state index in [9.17, 15) is 4.79 Å². The summed E-state index contributed by atoms with van der Waals surface area (Å²) < 4.78 is 4.54. The van der Waals surface area contributed by atoms with Crippen molar-refractivity contribution < 1.29 is 9.53 Å². The van der Waals surface area contributed by atoms with Crippen LogP contribution < -0.4 is 0 Å². The van der Waals surface area contributed by atoms with Crippen LogP contribution in [0, 0.1) is 0 Å². The van der Waals surface area contributed by atoms with Gasteiger partial charge in [0.05, 0.1) is 11.9 Å². The maximum atomic E-state index is 10.3. The summed E-state index contributed by atoms with van der Waals surface area (Å²) in [5.41, 5.74) is 0. The lowest BCUT2D eigenvalue weighted by molar-refractivity contribution is -0.132. The molecule has 1 aliphatic rings. The summed E-state index contributed by atoms with van der Waals surface area (Å²) >= 11 is 0. The van der Waals surface area contributed by atoms with E-state index < -0.39 is 0 Å². The fourth-order valence-electron chi connectivity index (χ4n) is 0.435. The van der Waals surface area contributed by atoms with Gasteiger partial charge in [0.1, 0.15) is 0 Å². The largest absolute Gasteiger partial charge is 0.462 e. The van der Waals surface area contributed by atoms with Crippen LogP contribution in [-0.2, 0) is 9.53 Å². The van der Waals surface area contributed by atoms with Gasteiger partial charge in [0, 0.05) is 6.42 Å². The average molecular weight is 116 g/mol. The summed E-state index contributed by atoms with van der Waals surface area (Å²) in [4.78, 5) is 10.3. The van der Waals surface area contributed by atoms with Crippen molar-refractivity contribution in [1.82, 2.24) is 0 Å². The van der Waals surface area contributed by atoms with E-state index >= 15 is 0 Å². The fraction of sp³-hybridized carbons (Fsp3) is 0.500. The molecule has 0 radical (unpaired) electrons. The van der Waals surface area contributed by atoms with E-state index in [4.69, 9.17) is 0 Å². The first-order valence-electron chi connectivity index (χ1n) is 2.05. The highest BCUT2D eigenvalue weighted by atomic mass is 31.0. The standard InChI is InChI=1S/C4H5O2P/c5-4-3(7)1-2-6-4/h7H,1-2H2. The molecule has 0 aromatic rings. The normalized spacial score (nSPS) is 20.0. The van der Waals surface area contributed by atoms with Gasteiger partial charge >= 0.3 is 5.97 Å². The van der Waals surface area contributed by atoms with E-state index in [0.29, 0.717) is 11.9 Å². The number of cyclic esters (lactones) is 1. The van der Waals surface area contributed by atoms with Crippen molar-refractivity contribution >= 4 is 20.1 Å². The SMILES string of the molecule is O=C1OCCC1=P. The number of carbonyl (C=O) groups is 1. The first kappa shape index (κ1) is 4.79. The van der Waals surface area contributed by atoms with Crippen LogP contribution >= 0.6 is 8.86 Å². The molecule has 1 heterocycles. The van der Waals surface area contributed by atoms with Gasteiger partial charge in [0.2, 0.25) is 0 Å². The van der Waals surface area contributed by atoms with Crippen molar-refractivity contribution in [2.75, 3.05) is 6.61 Å². The van der Waals surface area contributed by atoms with Gasteiger partial charge in [0.25, 0.3) is 0 Å². The highest BCUT2D eigenvalue weighted by Crippen LogP contribution is 2.01. The molecule has 0 aliphatic carbocycles. The van der Waals surface area contributed by atoms with Crippen LogP contribution in [0.2, 0.25) is 0 Å². The van der Waals surface area contributed by atoms with E-state index in [2.05, 4.69) is 13.6 Å². The summed E-state index contributed by atoms with van der Waals surface area (Å²) in [7, 11) is 3.09. The fourth-order valence-corrected chi connectivity index (χ4v) is 0.609. The maximum Gasteiger partial charge on any atom is 0.338 e. The Balaban J connectivity index is 2.65. The Bertz CT molecular complexity index is 105. The Kier molecular flexibility index (Phi) is 1.11. The Morgan fingerprint density at radius 1 is 1.71 bits per heavy atom. The second-order valence-electron chi connectivity index (χ2n) is 1.36. The van der Waals surface area contributed by atoms with Gasteiger partial charge in [-0.15, -0.1) is 8.86 Å². The Labute approximate surface area is 43.7 Å². The van der Waals surface area contributed by atoms with Crippen LogP contribution in [0.4, 0.5) is 0 Å². The molecule has 0 saturated carbocycles. The van der Waals surface area contributed by atoms with E-state index in [1.54, 1.807) is 0 Å². The molecule has 0 spiro atoms.